The highest BCUT2D eigenvalue weighted by molar-refractivity contribution is 5.87. The Morgan fingerprint density at radius 1 is 0.783 bits per heavy atom. The molecular weight excluding hydrogens is 288 g/mol. The van der Waals surface area contributed by atoms with Gasteiger partial charge in [0.05, 0.1) is 29.4 Å². The molecule has 6 heteroatoms. The fourth-order valence-electron chi connectivity index (χ4n) is 2.76. The van der Waals surface area contributed by atoms with E-state index in [1.54, 1.807) is 0 Å². The van der Waals surface area contributed by atoms with Gasteiger partial charge in [0.1, 0.15) is 18.0 Å². The van der Waals surface area contributed by atoms with Crippen LogP contribution in [-0.2, 0) is 0 Å². The lowest BCUT2D eigenvalue weighted by Crippen LogP contribution is -2.02. The van der Waals surface area contributed by atoms with Crippen LogP contribution in [0.2, 0.25) is 0 Å². The van der Waals surface area contributed by atoms with Crippen LogP contribution in [0.1, 0.15) is 0 Å². The third kappa shape index (κ3) is 2.10. The van der Waals surface area contributed by atoms with Crippen LogP contribution in [0.5, 0.6) is 0 Å². The van der Waals surface area contributed by atoms with E-state index >= 15 is 0 Å². The van der Waals surface area contributed by atoms with Crippen LogP contribution >= 0.6 is 0 Å². The molecular formula is C17H12N6. The van der Waals surface area contributed by atoms with Crippen LogP contribution in [0.3, 0.4) is 0 Å². The van der Waals surface area contributed by atoms with E-state index in [0.717, 1.165) is 40.5 Å². The summed E-state index contributed by atoms with van der Waals surface area (Å²) in [5.41, 5.74) is 6.10. The van der Waals surface area contributed by atoms with Gasteiger partial charge in [0.15, 0.2) is 5.57 Å². The van der Waals surface area contributed by atoms with Crippen molar-refractivity contribution in [2.75, 3.05) is 27.9 Å². The Bertz CT molecular complexity index is 913. The van der Waals surface area contributed by atoms with E-state index in [1.807, 2.05) is 30.3 Å². The molecule has 0 radical (unpaired) electrons. The number of benzene rings is 2. The average Bonchev–Trinajstić information content (AvgIpc) is 3.21. The maximum Gasteiger partial charge on any atom is 0.170 e. The molecule has 2 aliphatic heterocycles. The lowest BCUT2D eigenvalue weighted by Gasteiger charge is -2.07. The van der Waals surface area contributed by atoms with Crippen molar-refractivity contribution in [3.63, 3.8) is 0 Å². The van der Waals surface area contributed by atoms with Crippen molar-refractivity contribution in [1.82, 2.24) is 0 Å². The summed E-state index contributed by atoms with van der Waals surface area (Å²) >= 11 is 0. The van der Waals surface area contributed by atoms with Gasteiger partial charge in [-0.1, -0.05) is 12.1 Å². The minimum atomic E-state index is 0.0376. The predicted octanol–water partition coefficient (Wildman–Crippen LogP) is 3.24. The number of fused-ring (bicyclic) bond motifs is 2. The molecule has 0 aromatic heterocycles. The van der Waals surface area contributed by atoms with Crippen LogP contribution in [0.15, 0.2) is 47.8 Å². The highest BCUT2D eigenvalue weighted by atomic mass is 15.2. The van der Waals surface area contributed by atoms with Crippen molar-refractivity contribution >= 4 is 22.7 Å². The highest BCUT2D eigenvalue weighted by Crippen LogP contribution is 2.37. The van der Waals surface area contributed by atoms with E-state index < -0.39 is 0 Å². The third-order valence-corrected chi connectivity index (χ3v) is 3.92. The van der Waals surface area contributed by atoms with E-state index in [-0.39, 0.29) is 5.57 Å². The minimum absolute atomic E-state index is 0.0376. The lowest BCUT2D eigenvalue weighted by atomic mass is 10.0. The van der Waals surface area contributed by atoms with Crippen molar-refractivity contribution in [3.05, 3.63) is 47.8 Å². The molecule has 0 bridgehead atoms. The van der Waals surface area contributed by atoms with Crippen LogP contribution in [0, 0.1) is 22.7 Å². The largest absolute Gasteiger partial charge is 0.366 e. The Balaban J connectivity index is 1.71. The maximum atomic E-state index is 8.96. The van der Waals surface area contributed by atoms with Crippen LogP contribution in [-0.4, -0.2) is 6.67 Å². The van der Waals surface area contributed by atoms with E-state index in [9.17, 15) is 0 Å². The second-order valence-corrected chi connectivity index (χ2v) is 5.27. The quantitative estimate of drug-likeness (QED) is 0.604. The molecule has 0 saturated carbocycles. The summed E-state index contributed by atoms with van der Waals surface area (Å²) in [6.07, 6.45) is 0. The molecule has 4 rings (SSSR count). The number of nitrogens with one attached hydrogen (secondary N) is 4. The van der Waals surface area contributed by atoms with Gasteiger partial charge in [0.25, 0.3) is 0 Å². The Kier molecular flexibility index (Phi) is 2.82. The van der Waals surface area contributed by atoms with Gasteiger partial charge in [0, 0.05) is 0 Å². The monoisotopic (exact) mass is 300 g/mol. The Morgan fingerprint density at radius 2 is 1.39 bits per heavy atom. The van der Waals surface area contributed by atoms with E-state index in [1.165, 1.54) is 0 Å². The summed E-state index contributed by atoms with van der Waals surface area (Å²) in [7, 11) is 0. The van der Waals surface area contributed by atoms with Crippen LogP contribution in [0.25, 0.3) is 11.1 Å². The molecule has 0 fully saturated rings. The summed E-state index contributed by atoms with van der Waals surface area (Å²) in [6, 6.07) is 15.9. The smallest absolute Gasteiger partial charge is 0.170 e. The van der Waals surface area contributed by atoms with Gasteiger partial charge < -0.3 is 21.3 Å². The molecule has 110 valence electrons. The summed E-state index contributed by atoms with van der Waals surface area (Å²) in [5, 5.41) is 30.6. The Morgan fingerprint density at radius 3 is 2.13 bits per heavy atom. The van der Waals surface area contributed by atoms with E-state index in [0.29, 0.717) is 5.82 Å². The first kappa shape index (κ1) is 13.1. The highest BCUT2D eigenvalue weighted by Gasteiger charge is 2.19. The molecule has 0 amide bonds. The van der Waals surface area contributed by atoms with Crippen molar-refractivity contribution in [1.29, 1.82) is 10.5 Å². The first-order chi connectivity index (χ1) is 11.3. The molecule has 23 heavy (non-hydrogen) atoms. The van der Waals surface area contributed by atoms with E-state index in [4.69, 9.17) is 10.5 Å². The fourth-order valence-corrected chi connectivity index (χ4v) is 2.76. The zero-order chi connectivity index (χ0) is 15.8. The number of nitriles is 2. The van der Waals surface area contributed by atoms with Gasteiger partial charge in [0.2, 0.25) is 0 Å². The fraction of sp³-hybridized carbons (Fsp3) is 0.0588. The average molecular weight is 300 g/mol. The molecule has 4 N–H and O–H groups in total. The lowest BCUT2D eigenvalue weighted by molar-refractivity contribution is 1.31. The van der Waals surface area contributed by atoms with Gasteiger partial charge in [-0.05, 0) is 35.4 Å². The molecule has 2 aromatic rings. The van der Waals surface area contributed by atoms with E-state index in [2.05, 4.69) is 39.5 Å². The number of anilines is 4. The molecule has 0 atom stereocenters. The first-order valence-corrected chi connectivity index (χ1v) is 7.13. The zero-order valence-electron chi connectivity index (χ0n) is 12.1. The number of rotatable bonds is 1. The summed E-state index contributed by atoms with van der Waals surface area (Å²) in [4.78, 5) is 0. The topological polar surface area (TPSA) is 95.7 Å². The number of nitrogens with zero attached hydrogens (tertiary/aromatic N) is 2. The van der Waals surface area contributed by atoms with Crippen molar-refractivity contribution in [2.45, 2.75) is 0 Å². The molecule has 0 aliphatic carbocycles. The maximum absolute atomic E-state index is 8.96. The van der Waals surface area contributed by atoms with Crippen LogP contribution < -0.4 is 21.3 Å². The Labute approximate surface area is 133 Å². The molecule has 0 spiro atoms. The first-order valence-electron chi connectivity index (χ1n) is 7.13. The van der Waals surface area contributed by atoms with Gasteiger partial charge in [-0.2, -0.15) is 10.5 Å². The summed E-state index contributed by atoms with van der Waals surface area (Å²) in [6.45, 7) is 0.744. The minimum Gasteiger partial charge on any atom is -0.366 e. The van der Waals surface area contributed by atoms with Gasteiger partial charge >= 0.3 is 0 Å². The molecule has 2 heterocycles. The second kappa shape index (κ2) is 4.97. The molecule has 2 aliphatic rings. The number of allylic oxidation sites excluding steroid dienone is 1. The van der Waals surface area contributed by atoms with Gasteiger partial charge in [-0.25, -0.2) is 0 Å². The molecule has 2 aromatic carbocycles. The van der Waals surface area contributed by atoms with Crippen molar-refractivity contribution < 1.29 is 0 Å². The third-order valence-electron chi connectivity index (χ3n) is 3.92. The van der Waals surface area contributed by atoms with Crippen LogP contribution in [0.4, 0.5) is 22.7 Å². The number of hydrogen-bond donors (Lipinski definition) is 4. The molecule has 0 unspecified atom stereocenters. The zero-order valence-corrected chi connectivity index (χ0v) is 12.1. The summed E-state index contributed by atoms with van der Waals surface area (Å²) < 4.78 is 0. The van der Waals surface area contributed by atoms with Crippen molar-refractivity contribution in [3.8, 4) is 23.3 Å². The predicted molar refractivity (Wildman–Crippen MR) is 89.5 cm³/mol. The molecule has 0 saturated heterocycles. The SMILES string of the molecule is N#CC(C#N)=C1Nc2ccc(-c3ccc4c(c3)NCN4)cc2N1. The normalized spacial score (nSPS) is 13.4. The summed E-state index contributed by atoms with van der Waals surface area (Å²) in [5.74, 6) is 0.432. The van der Waals surface area contributed by atoms with Gasteiger partial charge in [-0.15, -0.1) is 0 Å². The standard InChI is InChI=1S/C17H12N6/c18-7-12(8-19)17-22-14-4-2-11(6-16(14)23-17)10-1-3-13-15(5-10)21-9-20-13/h1-6,20-23H,9H2. The Hall–Kier alpha value is -3.64. The number of hydrogen-bond acceptors (Lipinski definition) is 6. The van der Waals surface area contributed by atoms with Crippen molar-refractivity contribution in [2.24, 2.45) is 0 Å². The second-order valence-electron chi connectivity index (χ2n) is 5.27. The van der Waals surface area contributed by atoms with Gasteiger partial charge in [-0.3, -0.25) is 0 Å². The molecule has 6 nitrogen and oxygen atoms in total.